The van der Waals surface area contributed by atoms with Crippen molar-refractivity contribution in [2.75, 3.05) is 0 Å². The van der Waals surface area contributed by atoms with Crippen molar-refractivity contribution < 1.29 is 40.1 Å². The third-order valence-corrected chi connectivity index (χ3v) is 0. The first kappa shape index (κ1) is 23.9. The summed E-state index contributed by atoms with van der Waals surface area (Å²) in [5, 5.41) is 0. The van der Waals surface area contributed by atoms with Gasteiger partial charge in [0.05, 0.1) is 0 Å². The van der Waals surface area contributed by atoms with Crippen molar-refractivity contribution in [3.63, 3.8) is 0 Å². The summed E-state index contributed by atoms with van der Waals surface area (Å²) >= 11 is 0. The molecule has 0 aromatic carbocycles. The van der Waals surface area contributed by atoms with Crippen molar-refractivity contribution >= 4 is 10.4 Å². The summed E-state index contributed by atoms with van der Waals surface area (Å²) in [6.45, 7) is 0. The minimum absolute atomic E-state index is 0. The average Bonchev–Trinajstić information content (AvgIpc) is 0.722. The molecule has 0 bridgehead atoms. The molecule has 8 heteroatoms. The van der Waals surface area contributed by atoms with E-state index in [1.54, 1.807) is 0 Å². The molecule has 0 saturated heterocycles. The zero-order valence-electron chi connectivity index (χ0n) is 3.70. The van der Waals surface area contributed by atoms with Gasteiger partial charge in [0.15, 0.2) is 0 Å². The summed E-state index contributed by atoms with van der Waals surface area (Å²) in [7, 11) is -4.67. The molecule has 0 spiro atoms. The third kappa shape index (κ3) is 1860. The van der Waals surface area contributed by atoms with Gasteiger partial charge in [0.25, 0.3) is 0 Å². The van der Waals surface area contributed by atoms with Gasteiger partial charge in [-0.3, -0.25) is 9.11 Å². The van der Waals surface area contributed by atoms with Gasteiger partial charge in [0.1, 0.15) is 0 Å². The zero-order valence-corrected chi connectivity index (χ0v) is 5.70. The van der Waals surface area contributed by atoms with E-state index >= 15 is 0 Å². The van der Waals surface area contributed by atoms with Gasteiger partial charge in [0, 0.05) is 17.1 Å². The smallest absolute Gasteiger partial charge is 0.394 e. The van der Waals surface area contributed by atoms with Crippen LogP contribution in [0.15, 0.2) is 0 Å². The molecule has 0 atom stereocenters. The van der Waals surface area contributed by atoms with E-state index in [0.29, 0.717) is 0 Å². The van der Waals surface area contributed by atoms with E-state index in [4.69, 9.17) is 17.5 Å². The fourth-order valence-corrected chi connectivity index (χ4v) is 0. The second-order valence-corrected chi connectivity index (χ2v) is 1.34. The third-order valence-electron chi connectivity index (χ3n) is 0. The maximum atomic E-state index is 8.74. The second kappa shape index (κ2) is 7.31. The summed E-state index contributed by atoms with van der Waals surface area (Å²) in [6, 6.07) is 0. The first-order valence-corrected chi connectivity index (χ1v) is 2.10. The number of rotatable bonds is 0. The Labute approximate surface area is 57.2 Å². The first-order valence-electron chi connectivity index (χ1n) is 0.698. The molecule has 0 saturated carbocycles. The fourth-order valence-electron chi connectivity index (χ4n) is 0. The normalized spacial score (nSPS) is 7.25. The molecule has 0 aromatic rings. The molecule has 55 valence electrons. The minimum atomic E-state index is -4.67. The molecule has 0 aliphatic rings. The zero-order chi connectivity index (χ0) is 4.50. The summed E-state index contributed by atoms with van der Waals surface area (Å²) < 4.78 is 31.6. The molecule has 8 heavy (non-hydrogen) atoms. The topological polar surface area (TPSA) is 141 Å². The van der Waals surface area contributed by atoms with Crippen LogP contribution in [0, 0.1) is 0 Å². The van der Waals surface area contributed by atoms with E-state index in [1.165, 1.54) is 0 Å². The summed E-state index contributed by atoms with van der Waals surface area (Å²) in [5.41, 5.74) is 0. The van der Waals surface area contributed by atoms with E-state index < -0.39 is 10.4 Å². The molecule has 0 unspecified atom stereocenters. The summed E-state index contributed by atoms with van der Waals surface area (Å²) in [5.74, 6) is 0. The van der Waals surface area contributed by atoms with Crippen molar-refractivity contribution in [1.29, 1.82) is 0 Å². The van der Waals surface area contributed by atoms with Crippen LogP contribution in [0.25, 0.3) is 0 Å². The molecule has 0 rings (SSSR count). The predicted octanol–water partition coefficient (Wildman–Crippen LogP) is -1.32. The Morgan fingerprint density at radius 1 is 1.12 bits per heavy atom. The van der Waals surface area contributed by atoms with Gasteiger partial charge in [-0.15, -0.1) is 0 Å². The Balaban J connectivity index is -0.0000000267. The fraction of sp³-hybridized carbons (Fsp3) is 0. The van der Waals surface area contributed by atoms with Crippen LogP contribution < -0.4 is 6.15 Å². The van der Waals surface area contributed by atoms with Crippen molar-refractivity contribution in [2.24, 2.45) is 0 Å². The maximum absolute atomic E-state index is 8.74. The molecule has 0 heterocycles. The van der Waals surface area contributed by atoms with E-state index in [2.05, 4.69) is 0 Å². The molecule has 7 N–H and O–H groups in total. The van der Waals surface area contributed by atoms with Crippen molar-refractivity contribution in [3.8, 4) is 0 Å². The summed E-state index contributed by atoms with van der Waals surface area (Å²) in [6.07, 6.45) is 0. The van der Waals surface area contributed by atoms with Gasteiger partial charge in [-0.2, -0.15) is 8.42 Å². The summed E-state index contributed by atoms with van der Waals surface area (Å²) in [4.78, 5) is 0. The Bertz CT molecular complexity index is 95.6. The molecular formula is H7MnNO5S. The monoisotopic (exact) mass is 188 g/mol. The standard InChI is InChI=1S/Mn.H3N.H2O4S.H2O/c;;1-5(2,3)4;/h;1H3;(H2,1,2,3,4);1H2. The van der Waals surface area contributed by atoms with E-state index in [-0.39, 0.29) is 28.7 Å². The van der Waals surface area contributed by atoms with Gasteiger partial charge in [0.2, 0.25) is 0 Å². The Kier molecular flexibility index (Phi) is 21.8. The molecule has 0 aromatic heterocycles. The van der Waals surface area contributed by atoms with Crippen molar-refractivity contribution in [2.45, 2.75) is 0 Å². The first-order chi connectivity index (χ1) is 2.00. The molecule has 0 amide bonds. The van der Waals surface area contributed by atoms with Gasteiger partial charge in [-0.25, -0.2) is 0 Å². The predicted molar refractivity (Wildman–Crippen MR) is 22.8 cm³/mol. The maximum Gasteiger partial charge on any atom is 0.394 e. The minimum Gasteiger partial charge on any atom is -0.412 e. The van der Waals surface area contributed by atoms with Gasteiger partial charge < -0.3 is 11.6 Å². The van der Waals surface area contributed by atoms with Gasteiger partial charge in [-0.1, -0.05) is 0 Å². The molecule has 0 fully saturated rings. The van der Waals surface area contributed by atoms with Crippen molar-refractivity contribution in [1.82, 2.24) is 6.15 Å². The van der Waals surface area contributed by atoms with Crippen molar-refractivity contribution in [3.05, 3.63) is 0 Å². The molecule has 6 nitrogen and oxygen atoms in total. The van der Waals surface area contributed by atoms with E-state index in [1.807, 2.05) is 0 Å². The van der Waals surface area contributed by atoms with E-state index in [0.717, 1.165) is 0 Å². The number of hydrogen-bond acceptors (Lipinski definition) is 3. The van der Waals surface area contributed by atoms with Crippen LogP contribution in [0.3, 0.4) is 0 Å². The second-order valence-electron chi connectivity index (χ2n) is 0.448. The molecule has 0 aliphatic heterocycles. The Hall–Kier alpha value is 0.309. The quantitative estimate of drug-likeness (QED) is 0.319. The molecular weight excluding hydrogens is 181 g/mol. The van der Waals surface area contributed by atoms with Crippen LogP contribution >= 0.6 is 0 Å². The van der Waals surface area contributed by atoms with E-state index in [9.17, 15) is 0 Å². The Morgan fingerprint density at radius 2 is 1.12 bits per heavy atom. The number of hydrogen-bond donors (Lipinski definition) is 3. The Morgan fingerprint density at radius 3 is 1.12 bits per heavy atom. The van der Waals surface area contributed by atoms with Crippen LogP contribution in [0.1, 0.15) is 0 Å². The van der Waals surface area contributed by atoms with Crippen LogP contribution in [0.2, 0.25) is 0 Å². The SMILES string of the molecule is N.O.O=S(=O)(O)O.[Mn]. The van der Waals surface area contributed by atoms with Crippen LogP contribution in [-0.4, -0.2) is 23.0 Å². The molecule has 1 radical (unpaired) electrons. The largest absolute Gasteiger partial charge is 0.412 e. The average molecular weight is 188 g/mol. The van der Waals surface area contributed by atoms with Gasteiger partial charge in [-0.05, 0) is 0 Å². The van der Waals surface area contributed by atoms with Crippen LogP contribution in [0.5, 0.6) is 0 Å². The van der Waals surface area contributed by atoms with Crippen LogP contribution in [-0.2, 0) is 27.5 Å². The molecule has 0 aliphatic carbocycles. The van der Waals surface area contributed by atoms with Gasteiger partial charge >= 0.3 is 10.4 Å². The van der Waals surface area contributed by atoms with Crippen LogP contribution in [0.4, 0.5) is 0 Å².